The average Bonchev–Trinajstić information content (AvgIpc) is 2.62. The van der Waals surface area contributed by atoms with Crippen molar-refractivity contribution in [1.82, 2.24) is 4.31 Å². The van der Waals surface area contributed by atoms with Crippen LogP contribution in [0.1, 0.15) is 24.1 Å². The number of hydrogen-bond donors (Lipinski definition) is 0. The molecular weight excluding hydrogens is 329 g/mol. The summed E-state index contributed by atoms with van der Waals surface area (Å²) in [6, 6.07) is 12.4. The van der Waals surface area contributed by atoms with Gasteiger partial charge < -0.3 is 4.74 Å². The summed E-state index contributed by atoms with van der Waals surface area (Å²) in [6.07, 6.45) is 0.857. The molecule has 0 bridgehead atoms. The maximum absolute atomic E-state index is 13.2. The Hall–Kier alpha value is -1.76. The molecule has 0 radical (unpaired) electrons. The third kappa shape index (κ3) is 3.36. The third-order valence-corrected chi connectivity index (χ3v) is 6.19. The predicted octanol–water partition coefficient (Wildman–Crippen LogP) is 3.15. The average molecular weight is 349 g/mol. The van der Waals surface area contributed by atoms with E-state index in [9.17, 15) is 12.8 Å². The molecule has 0 N–H and O–H groups in total. The lowest BCUT2D eigenvalue weighted by Gasteiger charge is -2.34. The quantitative estimate of drug-likeness (QED) is 0.852. The molecule has 1 atom stereocenters. The first kappa shape index (κ1) is 17.1. The molecule has 0 aliphatic carbocycles. The van der Waals surface area contributed by atoms with Crippen molar-refractivity contribution >= 4 is 10.0 Å². The van der Waals surface area contributed by atoms with Crippen molar-refractivity contribution in [2.45, 2.75) is 24.3 Å². The highest BCUT2D eigenvalue weighted by Gasteiger charge is 2.35. The Morgan fingerprint density at radius 1 is 1.12 bits per heavy atom. The zero-order chi connectivity index (χ0) is 17.2. The summed E-state index contributed by atoms with van der Waals surface area (Å²) < 4.78 is 46.1. The highest BCUT2D eigenvalue weighted by molar-refractivity contribution is 7.89. The smallest absolute Gasteiger partial charge is 0.243 e. The van der Waals surface area contributed by atoms with Gasteiger partial charge in [0.25, 0.3) is 0 Å². The maximum atomic E-state index is 13.2. The van der Waals surface area contributed by atoms with Crippen molar-refractivity contribution in [1.29, 1.82) is 0 Å². The molecule has 2 aromatic carbocycles. The lowest BCUT2D eigenvalue weighted by atomic mass is 10.1. The first-order valence-electron chi connectivity index (χ1n) is 7.96. The van der Waals surface area contributed by atoms with Crippen molar-refractivity contribution in [3.8, 4) is 0 Å². The Labute approximate surface area is 141 Å². The van der Waals surface area contributed by atoms with Crippen LogP contribution >= 0.6 is 0 Å². The normalized spacial score (nSPS) is 19.3. The van der Waals surface area contributed by atoms with E-state index < -0.39 is 16.1 Å². The van der Waals surface area contributed by atoms with Crippen LogP contribution in [-0.4, -0.2) is 32.5 Å². The summed E-state index contributed by atoms with van der Waals surface area (Å²) in [6.45, 7) is 2.91. The molecule has 1 fully saturated rings. The van der Waals surface area contributed by atoms with E-state index in [0.717, 1.165) is 17.5 Å². The third-order valence-electron chi connectivity index (χ3n) is 4.27. The van der Waals surface area contributed by atoms with Crippen LogP contribution in [0.5, 0.6) is 0 Å². The largest absolute Gasteiger partial charge is 0.378 e. The molecule has 1 aliphatic rings. The van der Waals surface area contributed by atoms with E-state index >= 15 is 0 Å². The Balaban J connectivity index is 1.95. The fourth-order valence-electron chi connectivity index (χ4n) is 2.86. The van der Waals surface area contributed by atoms with E-state index in [1.807, 2.05) is 19.1 Å². The molecule has 3 rings (SSSR count). The van der Waals surface area contributed by atoms with E-state index in [4.69, 9.17) is 4.74 Å². The van der Waals surface area contributed by atoms with Crippen LogP contribution in [0.2, 0.25) is 0 Å². The zero-order valence-corrected chi connectivity index (χ0v) is 14.3. The van der Waals surface area contributed by atoms with Gasteiger partial charge in [-0.2, -0.15) is 4.31 Å². The van der Waals surface area contributed by atoms with Gasteiger partial charge in [0.15, 0.2) is 0 Å². The number of hydrogen-bond acceptors (Lipinski definition) is 3. The monoisotopic (exact) mass is 349 g/mol. The standard InChI is InChI=1S/C18H20FNO3S/c1-2-14-3-9-17(10-4-14)24(21,22)20-11-12-23-13-18(20)15-5-7-16(19)8-6-15/h3-10,18H,2,11-13H2,1H3. The number of nitrogens with zero attached hydrogens (tertiary/aromatic N) is 1. The number of sulfonamides is 1. The van der Waals surface area contributed by atoms with Crippen LogP contribution in [0.4, 0.5) is 4.39 Å². The van der Waals surface area contributed by atoms with Crippen molar-refractivity contribution in [3.05, 3.63) is 65.5 Å². The number of aryl methyl sites for hydroxylation is 1. The molecule has 0 aromatic heterocycles. The Morgan fingerprint density at radius 2 is 1.79 bits per heavy atom. The number of ether oxygens (including phenoxy) is 1. The Bertz CT molecular complexity index is 788. The van der Waals surface area contributed by atoms with E-state index in [1.165, 1.54) is 16.4 Å². The fraction of sp³-hybridized carbons (Fsp3) is 0.333. The van der Waals surface area contributed by atoms with Gasteiger partial charge in [0.2, 0.25) is 10.0 Å². The predicted molar refractivity (Wildman–Crippen MR) is 89.7 cm³/mol. The van der Waals surface area contributed by atoms with E-state index in [-0.39, 0.29) is 23.9 Å². The first-order valence-corrected chi connectivity index (χ1v) is 9.40. The van der Waals surface area contributed by atoms with E-state index in [0.29, 0.717) is 6.61 Å². The van der Waals surface area contributed by atoms with Crippen LogP contribution in [0.3, 0.4) is 0 Å². The fourth-order valence-corrected chi connectivity index (χ4v) is 4.44. The lowest BCUT2D eigenvalue weighted by Crippen LogP contribution is -2.43. The Kier molecular flexibility index (Phi) is 4.99. The minimum Gasteiger partial charge on any atom is -0.378 e. The number of rotatable bonds is 4. The molecule has 1 aliphatic heterocycles. The molecule has 4 nitrogen and oxygen atoms in total. The van der Waals surface area contributed by atoms with E-state index in [2.05, 4.69) is 0 Å². The van der Waals surface area contributed by atoms with Crippen molar-refractivity contribution in [2.75, 3.05) is 19.8 Å². The highest BCUT2D eigenvalue weighted by atomic mass is 32.2. The number of halogens is 1. The van der Waals surface area contributed by atoms with Gasteiger partial charge in [-0.3, -0.25) is 0 Å². The molecule has 0 saturated carbocycles. The summed E-state index contributed by atoms with van der Waals surface area (Å²) in [7, 11) is -3.63. The van der Waals surface area contributed by atoms with Gasteiger partial charge in [-0.25, -0.2) is 12.8 Å². The molecule has 128 valence electrons. The number of morpholine rings is 1. The van der Waals surface area contributed by atoms with Gasteiger partial charge in [0.1, 0.15) is 5.82 Å². The summed E-state index contributed by atoms with van der Waals surface area (Å²) in [5, 5.41) is 0. The second kappa shape index (κ2) is 7.01. The molecule has 2 aromatic rings. The minimum atomic E-state index is -3.63. The second-order valence-electron chi connectivity index (χ2n) is 5.76. The van der Waals surface area contributed by atoms with Crippen molar-refractivity contribution in [3.63, 3.8) is 0 Å². The van der Waals surface area contributed by atoms with Crippen LogP contribution in [-0.2, 0) is 21.2 Å². The van der Waals surface area contributed by atoms with Crippen LogP contribution in [0.15, 0.2) is 53.4 Å². The van der Waals surface area contributed by atoms with Gasteiger partial charge in [0, 0.05) is 6.54 Å². The maximum Gasteiger partial charge on any atom is 0.243 e. The van der Waals surface area contributed by atoms with Crippen LogP contribution < -0.4 is 0 Å². The Morgan fingerprint density at radius 3 is 2.42 bits per heavy atom. The van der Waals surface area contributed by atoms with Gasteiger partial charge >= 0.3 is 0 Å². The van der Waals surface area contributed by atoms with Crippen molar-refractivity contribution < 1.29 is 17.5 Å². The van der Waals surface area contributed by atoms with Gasteiger partial charge in [0.05, 0.1) is 24.2 Å². The summed E-state index contributed by atoms with van der Waals surface area (Å²) in [4.78, 5) is 0.272. The van der Waals surface area contributed by atoms with Crippen LogP contribution in [0.25, 0.3) is 0 Å². The molecule has 24 heavy (non-hydrogen) atoms. The second-order valence-corrected chi connectivity index (χ2v) is 7.65. The summed E-state index contributed by atoms with van der Waals surface area (Å²) >= 11 is 0. The molecule has 0 amide bonds. The summed E-state index contributed by atoms with van der Waals surface area (Å²) in [5.74, 6) is -0.347. The van der Waals surface area contributed by atoms with E-state index in [1.54, 1.807) is 24.3 Å². The first-order chi connectivity index (χ1) is 11.5. The molecule has 6 heteroatoms. The minimum absolute atomic E-state index is 0.262. The SMILES string of the molecule is CCc1ccc(S(=O)(=O)N2CCOCC2c2ccc(F)cc2)cc1. The summed E-state index contributed by atoms with van der Waals surface area (Å²) in [5.41, 5.74) is 1.82. The van der Waals surface area contributed by atoms with Gasteiger partial charge in [-0.05, 0) is 41.8 Å². The zero-order valence-electron chi connectivity index (χ0n) is 13.5. The molecule has 1 unspecified atom stereocenters. The lowest BCUT2D eigenvalue weighted by molar-refractivity contribution is 0.0320. The number of benzene rings is 2. The van der Waals surface area contributed by atoms with Gasteiger partial charge in [-0.15, -0.1) is 0 Å². The molecule has 1 saturated heterocycles. The van der Waals surface area contributed by atoms with Crippen LogP contribution in [0, 0.1) is 5.82 Å². The molecular formula is C18H20FNO3S. The van der Waals surface area contributed by atoms with Crippen molar-refractivity contribution in [2.24, 2.45) is 0 Å². The highest BCUT2D eigenvalue weighted by Crippen LogP contribution is 2.30. The molecule has 1 heterocycles. The van der Waals surface area contributed by atoms with Gasteiger partial charge in [-0.1, -0.05) is 31.2 Å². The molecule has 0 spiro atoms. The topological polar surface area (TPSA) is 46.6 Å².